The number of ether oxygens (including phenoxy) is 1. The first-order valence-electron chi connectivity index (χ1n) is 7.72. The van der Waals surface area contributed by atoms with Crippen LogP contribution in [0.25, 0.3) is 21.6 Å². The summed E-state index contributed by atoms with van der Waals surface area (Å²) in [6.45, 7) is 2.04. The van der Waals surface area contributed by atoms with Crippen molar-refractivity contribution in [2.75, 3.05) is 0 Å². The van der Waals surface area contributed by atoms with E-state index in [0.717, 1.165) is 15.8 Å². The Hall–Kier alpha value is -3.68. The van der Waals surface area contributed by atoms with Gasteiger partial charge in [-0.05, 0) is 48.9 Å². The fraction of sp³-hybridized carbons (Fsp3) is 0.0526. The van der Waals surface area contributed by atoms with E-state index in [1.165, 1.54) is 16.9 Å². The maximum Gasteiger partial charge on any atom is 0.279 e. The van der Waals surface area contributed by atoms with E-state index < -0.39 is 0 Å². The van der Waals surface area contributed by atoms with Gasteiger partial charge in [0, 0.05) is 5.56 Å². The van der Waals surface area contributed by atoms with Crippen LogP contribution in [-0.4, -0.2) is 15.0 Å². The lowest BCUT2D eigenvalue weighted by atomic mass is 10.2. The van der Waals surface area contributed by atoms with Crippen LogP contribution in [0.5, 0.6) is 10.9 Å². The van der Waals surface area contributed by atoms with Crippen molar-refractivity contribution < 1.29 is 4.74 Å². The Balaban J connectivity index is 1.58. The first-order chi connectivity index (χ1) is 12.7. The van der Waals surface area contributed by atoms with Crippen LogP contribution >= 0.6 is 11.3 Å². The predicted molar refractivity (Wildman–Crippen MR) is 97.9 cm³/mol. The molecule has 0 amide bonds. The number of benzene rings is 2. The molecule has 4 aromatic rings. The zero-order valence-electron chi connectivity index (χ0n) is 13.6. The van der Waals surface area contributed by atoms with Crippen molar-refractivity contribution in [3.63, 3.8) is 0 Å². The molecule has 0 aliphatic heterocycles. The van der Waals surface area contributed by atoms with Crippen LogP contribution in [0, 0.1) is 29.6 Å². The molecule has 2 aromatic heterocycles. The Labute approximate surface area is 153 Å². The van der Waals surface area contributed by atoms with Gasteiger partial charge < -0.3 is 9.72 Å². The summed E-state index contributed by atoms with van der Waals surface area (Å²) in [5.74, 6) is 1.12. The number of imidazole rings is 1. The summed E-state index contributed by atoms with van der Waals surface area (Å²) >= 11 is 1.49. The summed E-state index contributed by atoms with van der Waals surface area (Å²) in [7, 11) is 0. The van der Waals surface area contributed by atoms with Crippen LogP contribution in [0.15, 0.2) is 42.5 Å². The molecule has 0 atom stereocenters. The third-order valence-corrected chi connectivity index (χ3v) is 4.67. The van der Waals surface area contributed by atoms with Crippen molar-refractivity contribution in [3.05, 3.63) is 59.4 Å². The number of H-pyrrole nitrogens is 1. The van der Waals surface area contributed by atoms with Crippen LogP contribution in [0.4, 0.5) is 0 Å². The van der Waals surface area contributed by atoms with E-state index in [-0.39, 0.29) is 11.4 Å². The normalized spacial score (nSPS) is 10.4. The van der Waals surface area contributed by atoms with Crippen LogP contribution < -0.4 is 4.74 Å². The summed E-state index contributed by atoms with van der Waals surface area (Å²) in [6, 6.07) is 17.1. The standard InChI is InChI=1S/C19H11N5OS/c1-11-2-7-14-17(8-11)26-19(24-14)25-13-5-3-12(4-6-13)18-22-15(9-20)16(10-21)23-18/h2-8H,1H3,(H,22,23). The number of thiazole rings is 1. The minimum atomic E-state index is 0.0904. The van der Waals surface area contributed by atoms with Crippen molar-refractivity contribution in [2.24, 2.45) is 0 Å². The molecule has 0 saturated carbocycles. The van der Waals surface area contributed by atoms with Crippen LogP contribution in [-0.2, 0) is 0 Å². The molecule has 0 bridgehead atoms. The predicted octanol–water partition coefficient (Wildman–Crippen LogP) is 4.53. The summed E-state index contributed by atoms with van der Waals surface area (Å²) in [5.41, 5.74) is 3.11. The number of aromatic amines is 1. The zero-order valence-corrected chi connectivity index (χ0v) is 14.5. The van der Waals surface area contributed by atoms with Gasteiger partial charge in [0.05, 0.1) is 10.2 Å². The summed E-state index contributed by atoms with van der Waals surface area (Å²) < 4.78 is 6.92. The second-order valence-electron chi connectivity index (χ2n) is 5.61. The van der Waals surface area contributed by atoms with Crippen molar-refractivity contribution >= 4 is 21.6 Å². The Morgan fingerprint density at radius 1 is 1.04 bits per heavy atom. The van der Waals surface area contributed by atoms with Crippen LogP contribution in [0.1, 0.15) is 17.0 Å². The van der Waals surface area contributed by atoms with E-state index in [4.69, 9.17) is 15.3 Å². The quantitative estimate of drug-likeness (QED) is 0.581. The van der Waals surface area contributed by atoms with E-state index in [1.54, 1.807) is 12.1 Å². The fourth-order valence-corrected chi connectivity index (χ4v) is 3.44. The molecule has 2 aromatic carbocycles. The largest absolute Gasteiger partial charge is 0.431 e. The number of nitrogens with zero attached hydrogens (tertiary/aromatic N) is 4. The highest BCUT2D eigenvalue weighted by molar-refractivity contribution is 7.20. The highest BCUT2D eigenvalue weighted by atomic mass is 32.1. The summed E-state index contributed by atoms with van der Waals surface area (Å²) in [4.78, 5) is 11.4. The number of nitrogens with one attached hydrogen (secondary N) is 1. The molecule has 124 valence electrons. The van der Waals surface area contributed by atoms with Crippen molar-refractivity contribution in [1.29, 1.82) is 10.5 Å². The second kappa shape index (κ2) is 6.32. The topological polar surface area (TPSA) is 98.4 Å². The molecule has 0 fully saturated rings. The molecular weight excluding hydrogens is 346 g/mol. The van der Waals surface area contributed by atoms with Crippen molar-refractivity contribution in [3.8, 4) is 34.5 Å². The molecule has 0 spiro atoms. The maximum atomic E-state index is 9.00. The number of rotatable bonds is 3. The zero-order chi connectivity index (χ0) is 18.1. The van der Waals surface area contributed by atoms with Crippen molar-refractivity contribution in [1.82, 2.24) is 15.0 Å². The highest BCUT2D eigenvalue weighted by Crippen LogP contribution is 2.32. The summed E-state index contributed by atoms with van der Waals surface area (Å²) in [5, 5.41) is 18.6. The highest BCUT2D eigenvalue weighted by Gasteiger charge is 2.11. The molecule has 4 rings (SSSR count). The molecule has 0 aliphatic rings. The minimum absolute atomic E-state index is 0.0904. The summed E-state index contributed by atoms with van der Waals surface area (Å²) in [6.07, 6.45) is 0. The number of hydrogen-bond donors (Lipinski definition) is 1. The fourth-order valence-electron chi connectivity index (χ4n) is 2.51. The molecule has 0 saturated heterocycles. The number of aromatic nitrogens is 3. The van der Waals surface area contributed by atoms with Gasteiger partial charge >= 0.3 is 0 Å². The lowest BCUT2D eigenvalue weighted by Gasteiger charge is -2.02. The maximum absolute atomic E-state index is 9.00. The van der Waals surface area contributed by atoms with E-state index in [1.807, 2.05) is 43.3 Å². The Morgan fingerprint density at radius 3 is 2.54 bits per heavy atom. The Morgan fingerprint density at radius 2 is 1.85 bits per heavy atom. The third-order valence-electron chi connectivity index (χ3n) is 3.78. The molecule has 0 radical (unpaired) electrons. The van der Waals surface area contributed by atoms with Gasteiger partial charge in [0.25, 0.3) is 5.19 Å². The SMILES string of the molecule is Cc1ccc2nc(Oc3ccc(-c4nc(C#N)c(C#N)[nH]4)cc3)sc2c1. The Bertz CT molecular complexity index is 1160. The van der Waals surface area contributed by atoms with Crippen LogP contribution in [0.2, 0.25) is 0 Å². The number of fused-ring (bicyclic) bond motifs is 1. The van der Waals surface area contributed by atoms with Gasteiger partial charge in [0.1, 0.15) is 23.7 Å². The van der Waals surface area contributed by atoms with E-state index in [2.05, 4.69) is 21.0 Å². The molecule has 0 aliphatic carbocycles. The molecule has 26 heavy (non-hydrogen) atoms. The third kappa shape index (κ3) is 2.88. The smallest absolute Gasteiger partial charge is 0.279 e. The number of hydrogen-bond acceptors (Lipinski definition) is 6. The van der Waals surface area contributed by atoms with E-state index >= 15 is 0 Å². The van der Waals surface area contributed by atoms with Gasteiger partial charge in [0.15, 0.2) is 11.4 Å². The molecule has 0 unspecified atom stereocenters. The Kier molecular flexibility index (Phi) is 3.85. The number of aryl methyl sites for hydroxylation is 1. The van der Waals surface area contributed by atoms with Crippen LogP contribution in [0.3, 0.4) is 0 Å². The van der Waals surface area contributed by atoms with Gasteiger partial charge in [-0.25, -0.2) is 9.97 Å². The lowest BCUT2D eigenvalue weighted by Crippen LogP contribution is -1.85. The van der Waals surface area contributed by atoms with Crippen molar-refractivity contribution in [2.45, 2.75) is 6.92 Å². The first kappa shape index (κ1) is 15.8. The first-order valence-corrected chi connectivity index (χ1v) is 8.53. The molecule has 6 nitrogen and oxygen atoms in total. The second-order valence-corrected chi connectivity index (χ2v) is 6.60. The average molecular weight is 357 g/mol. The molecule has 2 heterocycles. The van der Waals surface area contributed by atoms with E-state index in [9.17, 15) is 0 Å². The number of nitriles is 2. The molecule has 7 heteroatoms. The van der Waals surface area contributed by atoms with Gasteiger partial charge in [-0.2, -0.15) is 10.5 Å². The van der Waals surface area contributed by atoms with Gasteiger partial charge in [0.2, 0.25) is 0 Å². The molecular formula is C19H11N5OS. The average Bonchev–Trinajstić information content (AvgIpc) is 3.25. The van der Waals surface area contributed by atoms with Gasteiger partial charge in [-0.15, -0.1) is 0 Å². The van der Waals surface area contributed by atoms with E-state index in [0.29, 0.717) is 16.8 Å². The lowest BCUT2D eigenvalue weighted by molar-refractivity contribution is 0.480. The monoisotopic (exact) mass is 357 g/mol. The van der Waals surface area contributed by atoms with Gasteiger partial charge in [-0.1, -0.05) is 17.4 Å². The minimum Gasteiger partial charge on any atom is -0.431 e. The molecule has 1 N–H and O–H groups in total. The van der Waals surface area contributed by atoms with Gasteiger partial charge in [-0.3, -0.25) is 0 Å².